The molecule has 0 saturated carbocycles. The normalized spacial score (nSPS) is 14.7. The van der Waals surface area contributed by atoms with Crippen molar-refractivity contribution < 1.29 is 9.53 Å². The van der Waals surface area contributed by atoms with Crippen LogP contribution in [0.25, 0.3) is 17.0 Å². The van der Waals surface area contributed by atoms with Crippen LogP contribution in [0.2, 0.25) is 5.02 Å². The van der Waals surface area contributed by atoms with Crippen molar-refractivity contribution in [2.45, 2.75) is 19.5 Å². The van der Waals surface area contributed by atoms with E-state index in [1.165, 1.54) is 11.3 Å². The van der Waals surface area contributed by atoms with Gasteiger partial charge in [0.15, 0.2) is 4.80 Å². The molecule has 1 aliphatic heterocycles. The highest BCUT2D eigenvalue weighted by Gasteiger charge is 2.33. The molecule has 6 aromatic rings. The van der Waals surface area contributed by atoms with Gasteiger partial charge in [0.2, 0.25) is 0 Å². The van der Waals surface area contributed by atoms with Crippen LogP contribution in [0.4, 0.5) is 5.69 Å². The summed E-state index contributed by atoms with van der Waals surface area (Å²) in [4.78, 5) is 33.5. The summed E-state index contributed by atoms with van der Waals surface area (Å²) in [5, 5.41) is 4.71. The number of aromatic nitrogens is 2. The number of nitrogens with zero attached hydrogens (tertiary/aromatic N) is 3. The average Bonchev–Trinajstić information content (AvgIpc) is 3.56. The second-order valence-electron chi connectivity index (χ2n) is 11.0. The zero-order valence-corrected chi connectivity index (χ0v) is 26.7. The van der Waals surface area contributed by atoms with Gasteiger partial charge in [-0.25, -0.2) is 4.99 Å². The van der Waals surface area contributed by atoms with Crippen LogP contribution in [-0.2, 0) is 11.3 Å². The summed E-state index contributed by atoms with van der Waals surface area (Å²) in [6.45, 7) is 2.44. The molecule has 9 heteroatoms. The summed E-state index contributed by atoms with van der Waals surface area (Å²) in [6, 6.07) is 32.0. The number of para-hydroxylation sites is 2. The molecule has 1 N–H and O–H groups in total. The highest BCUT2D eigenvalue weighted by Crippen LogP contribution is 2.32. The number of hydrogen-bond donors (Lipinski definition) is 1. The zero-order chi connectivity index (χ0) is 31.8. The molecule has 7 nitrogen and oxygen atoms in total. The van der Waals surface area contributed by atoms with Crippen LogP contribution in [0.3, 0.4) is 0 Å². The van der Waals surface area contributed by atoms with Crippen LogP contribution in [0.5, 0.6) is 5.75 Å². The van der Waals surface area contributed by atoms with Crippen molar-refractivity contribution in [3.63, 3.8) is 0 Å². The van der Waals surface area contributed by atoms with Crippen LogP contribution in [0, 0.1) is 0 Å². The molecule has 228 valence electrons. The Kier molecular flexibility index (Phi) is 7.90. The highest BCUT2D eigenvalue weighted by atomic mass is 35.5. The molecule has 1 amide bonds. The first-order valence-corrected chi connectivity index (χ1v) is 15.9. The van der Waals surface area contributed by atoms with E-state index < -0.39 is 6.04 Å². The number of rotatable bonds is 7. The van der Waals surface area contributed by atoms with E-state index >= 15 is 0 Å². The quantitative estimate of drug-likeness (QED) is 0.214. The topological polar surface area (TPSA) is 77.6 Å². The van der Waals surface area contributed by atoms with E-state index in [9.17, 15) is 9.59 Å². The number of amides is 1. The van der Waals surface area contributed by atoms with E-state index in [0.29, 0.717) is 43.6 Å². The summed E-state index contributed by atoms with van der Waals surface area (Å²) in [5.74, 6) is 0.309. The number of carbonyl (C=O) groups is 1. The monoisotopic (exact) mass is 644 g/mol. The van der Waals surface area contributed by atoms with Gasteiger partial charge in [-0.05, 0) is 66.6 Å². The number of allylic oxidation sites excluding steroid dienone is 1. The first kappa shape index (κ1) is 29.5. The van der Waals surface area contributed by atoms with Gasteiger partial charge in [0.05, 0.1) is 29.0 Å². The Hall–Kier alpha value is -5.18. The van der Waals surface area contributed by atoms with Gasteiger partial charge >= 0.3 is 0 Å². The molecular weight excluding hydrogens is 616 g/mol. The molecule has 0 spiro atoms. The Balaban J connectivity index is 1.37. The Bertz CT molecular complexity index is 2340. The molecule has 0 fully saturated rings. The van der Waals surface area contributed by atoms with Gasteiger partial charge in [-0.2, -0.15) is 0 Å². The van der Waals surface area contributed by atoms with E-state index in [0.717, 1.165) is 27.6 Å². The molecule has 0 aliphatic carbocycles. The summed E-state index contributed by atoms with van der Waals surface area (Å²) < 4.78 is 9.84. The number of anilines is 1. The van der Waals surface area contributed by atoms with Crippen molar-refractivity contribution in [1.82, 2.24) is 9.13 Å². The summed E-state index contributed by atoms with van der Waals surface area (Å²) >= 11 is 7.58. The second-order valence-corrected chi connectivity index (χ2v) is 12.5. The number of benzene rings is 4. The number of hydrogen-bond acceptors (Lipinski definition) is 5. The lowest BCUT2D eigenvalue weighted by atomic mass is 9.95. The van der Waals surface area contributed by atoms with Crippen LogP contribution in [-0.4, -0.2) is 22.2 Å². The number of thiazole rings is 1. The van der Waals surface area contributed by atoms with Crippen molar-refractivity contribution in [2.75, 3.05) is 12.4 Å². The van der Waals surface area contributed by atoms with Crippen molar-refractivity contribution in [3.8, 4) is 5.75 Å². The fourth-order valence-electron chi connectivity index (χ4n) is 5.95. The van der Waals surface area contributed by atoms with E-state index in [1.54, 1.807) is 11.7 Å². The van der Waals surface area contributed by atoms with Crippen molar-refractivity contribution in [2.24, 2.45) is 4.99 Å². The van der Waals surface area contributed by atoms with E-state index in [4.69, 9.17) is 21.3 Å². The van der Waals surface area contributed by atoms with Crippen LogP contribution in [0.1, 0.15) is 29.7 Å². The molecule has 0 radical (unpaired) electrons. The lowest BCUT2D eigenvalue weighted by Gasteiger charge is -2.25. The highest BCUT2D eigenvalue weighted by molar-refractivity contribution is 7.07. The van der Waals surface area contributed by atoms with E-state index in [2.05, 4.69) is 28.2 Å². The van der Waals surface area contributed by atoms with Crippen LogP contribution >= 0.6 is 22.9 Å². The van der Waals surface area contributed by atoms with Crippen LogP contribution < -0.4 is 24.9 Å². The first-order chi connectivity index (χ1) is 22.4. The number of ether oxygens (including phenoxy) is 1. The number of methoxy groups -OCH3 is 1. The van der Waals surface area contributed by atoms with Gasteiger partial charge in [-0.1, -0.05) is 83.6 Å². The average molecular weight is 645 g/mol. The summed E-state index contributed by atoms with van der Waals surface area (Å²) in [5.41, 5.74) is 5.17. The Morgan fingerprint density at radius 3 is 2.59 bits per heavy atom. The fourth-order valence-corrected chi connectivity index (χ4v) is 7.20. The molecule has 4 aromatic carbocycles. The van der Waals surface area contributed by atoms with E-state index in [-0.39, 0.29) is 11.5 Å². The lowest BCUT2D eigenvalue weighted by molar-refractivity contribution is -0.113. The molecule has 7 rings (SSSR count). The number of fused-ring (bicyclic) bond motifs is 2. The molecule has 0 saturated heterocycles. The number of nitrogens with one attached hydrogen (secondary N) is 1. The second kappa shape index (κ2) is 12.3. The van der Waals surface area contributed by atoms with Gasteiger partial charge in [-0.3, -0.25) is 14.2 Å². The van der Waals surface area contributed by atoms with Gasteiger partial charge in [0.25, 0.3) is 11.5 Å². The SMILES string of the molecule is COc1cccc([C@@H]2C(C(=O)Nc3ccccc3)=C(C)N=c3s/c(=C\c4cn(Cc5cccc(Cl)c5)c5ccccc45)c(=O)n32)c1. The summed E-state index contributed by atoms with van der Waals surface area (Å²) in [6.07, 6.45) is 3.99. The minimum Gasteiger partial charge on any atom is -0.497 e. The smallest absolute Gasteiger partial charge is 0.271 e. The molecule has 2 aromatic heterocycles. The Morgan fingerprint density at radius 2 is 1.78 bits per heavy atom. The van der Waals surface area contributed by atoms with Crippen LogP contribution in [0.15, 0.2) is 130 Å². The lowest BCUT2D eigenvalue weighted by Crippen LogP contribution is -2.40. The third-order valence-electron chi connectivity index (χ3n) is 8.06. The van der Waals surface area contributed by atoms with Gasteiger partial charge in [-0.15, -0.1) is 0 Å². The van der Waals surface area contributed by atoms with E-state index in [1.807, 2.05) is 104 Å². The Labute approximate surface area is 274 Å². The predicted octanol–water partition coefficient (Wildman–Crippen LogP) is 6.54. The maximum atomic E-state index is 14.3. The van der Waals surface area contributed by atoms with Crippen molar-refractivity contribution >= 4 is 51.5 Å². The minimum atomic E-state index is -0.707. The third kappa shape index (κ3) is 5.57. The zero-order valence-electron chi connectivity index (χ0n) is 25.1. The molecule has 3 heterocycles. The Morgan fingerprint density at radius 1 is 1.00 bits per heavy atom. The molecule has 0 unspecified atom stereocenters. The summed E-state index contributed by atoms with van der Waals surface area (Å²) in [7, 11) is 1.59. The molecule has 1 aliphatic rings. The van der Waals surface area contributed by atoms with Crippen molar-refractivity contribution in [1.29, 1.82) is 0 Å². The predicted molar refractivity (Wildman–Crippen MR) is 184 cm³/mol. The van der Waals surface area contributed by atoms with Gasteiger partial charge < -0.3 is 14.6 Å². The number of carbonyl (C=O) groups excluding carboxylic acids is 1. The largest absolute Gasteiger partial charge is 0.497 e. The third-order valence-corrected chi connectivity index (χ3v) is 9.27. The standard InChI is InChI=1S/C37H29ClN4O3S/c1-23-33(35(43)40-28-13-4-3-5-14-28)34(25-11-9-15-29(19-25)45-2)42-36(44)32(46-37(42)39-23)20-26-22-41(31-17-7-6-16-30(26)31)21-24-10-8-12-27(38)18-24/h3-20,22,34H,21H2,1-2H3,(H,40,43)/b32-20-/t34-/m1/s1. The first-order valence-electron chi connectivity index (χ1n) is 14.7. The molecule has 1 atom stereocenters. The molecule has 0 bridgehead atoms. The number of halogens is 1. The van der Waals surface area contributed by atoms with Gasteiger partial charge in [0.1, 0.15) is 5.75 Å². The van der Waals surface area contributed by atoms with Gasteiger partial charge in [0, 0.05) is 39.9 Å². The molecular formula is C37H29ClN4O3S. The maximum Gasteiger partial charge on any atom is 0.271 e. The molecule has 46 heavy (non-hydrogen) atoms. The van der Waals surface area contributed by atoms with Crippen molar-refractivity contribution in [3.05, 3.63) is 162 Å². The fraction of sp³-hybridized carbons (Fsp3) is 0.108. The maximum absolute atomic E-state index is 14.3. The minimum absolute atomic E-state index is 0.222.